The zero-order valence-electron chi connectivity index (χ0n) is 13.5. The van der Waals surface area contributed by atoms with E-state index in [2.05, 4.69) is 16.4 Å². The quantitative estimate of drug-likeness (QED) is 0.682. The Morgan fingerprint density at radius 1 is 1.31 bits per heavy atom. The Hall–Kier alpha value is -2.82. The van der Waals surface area contributed by atoms with Gasteiger partial charge in [-0.1, -0.05) is 23.7 Å². The summed E-state index contributed by atoms with van der Waals surface area (Å²) in [6.45, 7) is -0.165. The molecular formula is C18H13ClN4O2S. The summed E-state index contributed by atoms with van der Waals surface area (Å²) in [7, 11) is 0. The number of nitrogens with zero attached hydrogens (tertiary/aromatic N) is 3. The van der Waals surface area contributed by atoms with Crippen LogP contribution >= 0.6 is 23.4 Å². The number of aromatic nitrogens is 2. The van der Waals surface area contributed by atoms with E-state index in [1.807, 2.05) is 12.1 Å². The fraction of sp³-hybridized carbons (Fsp3) is 0.111. The largest absolute Gasteiger partial charge is 0.324 e. The van der Waals surface area contributed by atoms with Crippen LogP contribution in [-0.4, -0.2) is 21.2 Å². The summed E-state index contributed by atoms with van der Waals surface area (Å²) in [6.07, 6.45) is 1.33. The van der Waals surface area contributed by atoms with Crippen LogP contribution in [0.15, 0.2) is 58.5 Å². The van der Waals surface area contributed by atoms with Crippen molar-refractivity contribution in [2.24, 2.45) is 0 Å². The topological polar surface area (TPSA) is 87.8 Å². The maximum absolute atomic E-state index is 12.5. The van der Waals surface area contributed by atoms with Crippen LogP contribution in [0.5, 0.6) is 0 Å². The fourth-order valence-electron chi connectivity index (χ4n) is 2.39. The summed E-state index contributed by atoms with van der Waals surface area (Å²) in [5, 5.41) is 12.4. The molecule has 0 fully saturated rings. The third-order valence-corrected chi connectivity index (χ3v) is 4.73. The summed E-state index contributed by atoms with van der Waals surface area (Å²) in [5.74, 6) is -0.0732. The van der Waals surface area contributed by atoms with Crippen LogP contribution in [0, 0.1) is 11.3 Å². The Bertz CT molecular complexity index is 1070. The van der Waals surface area contributed by atoms with E-state index in [1.54, 1.807) is 30.3 Å². The molecule has 0 spiro atoms. The maximum atomic E-state index is 12.5. The second kappa shape index (κ2) is 8.04. The standard InChI is InChI=1S/C18H13ClN4O2S/c19-12-5-6-13-15(9-12)21-11-23(18(13)25)10-17(24)22-14-3-1-2-4-16(14)26-8-7-20/h1-6,9,11H,8,10H2,(H,22,24). The van der Waals surface area contributed by atoms with Gasteiger partial charge in [-0.2, -0.15) is 5.26 Å². The summed E-state index contributed by atoms with van der Waals surface area (Å²) in [4.78, 5) is 29.8. The summed E-state index contributed by atoms with van der Waals surface area (Å²) in [6, 6.07) is 14.1. The van der Waals surface area contributed by atoms with Crippen LogP contribution in [0.25, 0.3) is 10.9 Å². The van der Waals surface area contributed by atoms with Crippen molar-refractivity contribution < 1.29 is 4.79 Å². The van der Waals surface area contributed by atoms with E-state index in [0.29, 0.717) is 21.6 Å². The lowest BCUT2D eigenvalue weighted by Crippen LogP contribution is -2.28. The van der Waals surface area contributed by atoms with Crippen molar-refractivity contribution in [1.29, 1.82) is 5.26 Å². The Labute approximate surface area is 158 Å². The van der Waals surface area contributed by atoms with Crippen molar-refractivity contribution in [2.75, 3.05) is 11.1 Å². The van der Waals surface area contributed by atoms with Crippen LogP contribution < -0.4 is 10.9 Å². The van der Waals surface area contributed by atoms with Gasteiger partial charge in [0.25, 0.3) is 5.56 Å². The number of nitrogens with one attached hydrogen (secondary N) is 1. The van der Waals surface area contributed by atoms with E-state index < -0.39 is 0 Å². The number of nitriles is 1. The molecule has 8 heteroatoms. The zero-order valence-corrected chi connectivity index (χ0v) is 15.0. The number of halogens is 1. The van der Waals surface area contributed by atoms with E-state index in [9.17, 15) is 9.59 Å². The second-order valence-corrected chi connectivity index (χ2v) is 6.78. The van der Waals surface area contributed by atoms with E-state index in [-0.39, 0.29) is 23.8 Å². The highest BCUT2D eigenvalue weighted by molar-refractivity contribution is 7.99. The zero-order chi connectivity index (χ0) is 18.5. The molecule has 0 unspecified atom stereocenters. The molecule has 0 bridgehead atoms. The van der Waals surface area contributed by atoms with Gasteiger partial charge in [0.2, 0.25) is 5.91 Å². The SMILES string of the molecule is N#CCSc1ccccc1NC(=O)Cn1cnc2cc(Cl)ccc2c1=O. The van der Waals surface area contributed by atoms with Gasteiger partial charge in [-0.15, -0.1) is 11.8 Å². The molecule has 0 aliphatic heterocycles. The Kier molecular flexibility index (Phi) is 5.56. The van der Waals surface area contributed by atoms with Crippen LogP contribution in [0.3, 0.4) is 0 Å². The van der Waals surface area contributed by atoms with Crippen molar-refractivity contribution in [3.8, 4) is 6.07 Å². The minimum atomic E-state index is -0.354. The first kappa shape index (κ1) is 18.0. The third-order valence-electron chi connectivity index (χ3n) is 3.55. The lowest BCUT2D eigenvalue weighted by Gasteiger charge is -2.11. The molecule has 0 saturated heterocycles. The first-order chi connectivity index (χ1) is 12.6. The number of carbonyl (C=O) groups is 1. The maximum Gasteiger partial charge on any atom is 0.261 e. The van der Waals surface area contributed by atoms with Crippen molar-refractivity contribution in [1.82, 2.24) is 9.55 Å². The Morgan fingerprint density at radius 2 is 2.12 bits per heavy atom. The normalized spacial score (nSPS) is 10.5. The molecule has 6 nitrogen and oxygen atoms in total. The number of anilines is 1. The van der Waals surface area contributed by atoms with E-state index in [1.165, 1.54) is 22.7 Å². The Morgan fingerprint density at radius 3 is 2.92 bits per heavy atom. The molecule has 26 heavy (non-hydrogen) atoms. The van der Waals surface area contributed by atoms with Gasteiger partial charge in [-0.25, -0.2) is 4.98 Å². The average molecular weight is 385 g/mol. The highest BCUT2D eigenvalue weighted by atomic mass is 35.5. The number of hydrogen-bond acceptors (Lipinski definition) is 5. The molecule has 1 aromatic heterocycles. The molecule has 1 heterocycles. The van der Waals surface area contributed by atoms with Gasteiger partial charge in [0, 0.05) is 9.92 Å². The number of rotatable bonds is 5. The lowest BCUT2D eigenvalue weighted by molar-refractivity contribution is -0.116. The van der Waals surface area contributed by atoms with E-state index in [0.717, 1.165) is 4.90 Å². The average Bonchev–Trinajstić information content (AvgIpc) is 2.63. The van der Waals surface area contributed by atoms with Crippen LogP contribution in [0.2, 0.25) is 5.02 Å². The molecule has 0 aliphatic rings. The van der Waals surface area contributed by atoms with Gasteiger partial charge in [0.1, 0.15) is 6.54 Å². The predicted molar refractivity (Wildman–Crippen MR) is 102 cm³/mol. The highest BCUT2D eigenvalue weighted by Crippen LogP contribution is 2.26. The molecule has 0 saturated carbocycles. The smallest absolute Gasteiger partial charge is 0.261 e. The van der Waals surface area contributed by atoms with E-state index in [4.69, 9.17) is 16.9 Å². The van der Waals surface area contributed by atoms with Gasteiger partial charge < -0.3 is 5.32 Å². The third kappa shape index (κ3) is 4.04. The van der Waals surface area contributed by atoms with Gasteiger partial charge >= 0.3 is 0 Å². The first-order valence-electron chi connectivity index (χ1n) is 7.62. The number of para-hydroxylation sites is 1. The van der Waals surface area contributed by atoms with Crippen LogP contribution in [0.4, 0.5) is 5.69 Å². The first-order valence-corrected chi connectivity index (χ1v) is 8.98. The van der Waals surface area contributed by atoms with Gasteiger partial charge in [0.05, 0.1) is 34.7 Å². The molecule has 1 amide bonds. The summed E-state index contributed by atoms with van der Waals surface area (Å²) < 4.78 is 1.25. The van der Waals surface area contributed by atoms with Crippen molar-refractivity contribution >= 4 is 45.9 Å². The Balaban J connectivity index is 1.80. The molecule has 3 aromatic rings. The molecule has 0 atom stereocenters. The van der Waals surface area contributed by atoms with E-state index >= 15 is 0 Å². The molecule has 1 N–H and O–H groups in total. The number of amides is 1. The second-order valence-electron chi connectivity index (χ2n) is 5.33. The fourth-order valence-corrected chi connectivity index (χ4v) is 3.23. The van der Waals surface area contributed by atoms with Gasteiger partial charge in [-0.05, 0) is 30.3 Å². The van der Waals surface area contributed by atoms with Gasteiger partial charge in [0.15, 0.2) is 0 Å². The summed E-state index contributed by atoms with van der Waals surface area (Å²) >= 11 is 7.23. The van der Waals surface area contributed by atoms with Gasteiger partial charge in [-0.3, -0.25) is 14.2 Å². The van der Waals surface area contributed by atoms with Crippen LogP contribution in [0.1, 0.15) is 0 Å². The molecule has 0 radical (unpaired) electrons. The lowest BCUT2D eigenvalue weighted by atomic mass is 10.2. The number of thioether (sulfide) groups is 1. The molecule has 130 valence electrons. The van der Waals surface area contributed by atoms with Crippen molar-refractivity contribution in [3.05, 3.63) is 64.2 Å². The minimum Gasteiger partial charge on any atom is -0.324 e. The minimum absolute atomic E-state index is 0.165. The molecular weight excluding hydrogens is 372 g/mol. The predicted octanol–water partition coefficient (Wildman–Crippen LogP) is 3.30. The number of carbonyl (C=O) groups excluding carboxylic acids is 1. The number of hydrogen-bond donors (Lipinski definition) is 1. The number of fused-ring (bicyclic) bond motifs is 1. The molecule has 0 aliphatic carbocycles. The molecule has 3 rings (SSSR count). The van der Waals surface area contributed by atoms with Crippen molar-refractivity contribution in [3.63, 3.8) is 0 Å². The monoisotopic (exact) mass is 384 g/mol. The number of benzene rings is 2. The van der Waals surface area contributed by atoms with Crippen molar-refractivity contribution in [2.45, 2.75) is 11.4 Å². The summed E-state index contributed by atoms with van der Waals surface area (Å²) in [5.41, 5.74) is 0.776. The highest BCUT2D eigenvalue weighted by Gasteiger charge is 2.11. The molecule has 2 aromatic carbocycles. The van der Waals surface area contributed by atoms with Crippen LogP contribution in [-0.2, 0) is 11.3 Å².